The van der Waals surface area contributed by atoms with E-state index in [4.69, 9.17) is 0 Å². The van der Waals surface area contributed by atoms with Gasteiger partial charge >= 0.3 is 0 Å². The molecule has 0 bridgehead atoms. The standard InChI is InChI=1S/C10H16N2S/c1-8(7-9-3-2-4-9)12-10-11-5-6-13-10/h5-6,8-9H,2-4,7H2,1H3,(H,11,12). The number of nitrogens with one attached hydrogen (secondary N) is 1. The number of aromatic nitrogens is 1. The highest BCUT2D eigenvalue weighted by molar-refractivity contribution is 7.13. The third-order valence-corrected chi connectivity index (χ3v) is 3.42. The molecular formula is C10H16N2S. The molecule has 72 valence electrons. The van der Waals surface area contributed by atoms with Gasteiger partial charge in [0.25, 0.3) is 0 Å². The van der Waals surface area contributed by atoms with Gasteiger partial charge in [0.05, 0.1) is 0 Å². The average Bonchev–Trinajstić information content (AvgIpc) is 2.49. The summed E-state index contributed by atoms with van der Waals surface area (Å²) in [5.41, 5.74) is 0. The monoisotopic (exact) mass is 196 g/mol. The number of nitrogens with zero attached hydrogens (tertiary/aromatic N) is 1. The molecule has 2 rings (SSSR count). The van der Waals surface area contributed by atoms with E-state index in [0.29, 0.717) is 6.04 Å². The van der Waals surface area contributed by atoms with Crippen molar-refractivity contribution in [3.8, 4) is 0 Å². The van der Waals surface area contributed by atoms with Crippen LogP contribution in [0.25, 0.3) is 0 Å². The zero-order chi connectivity index (χ0) is 9.10. The highest BCUT2D eigenvalue weighted by atomic mass is 32.1. The van der Waals surface area contributed by atoms with E-state index < -0.39 is 0 Å². The van der Waals surface area contributed by atoms with Crippen molar-refractivity contribution in [3.05, 3.63) is 11.6 Å². The minimum absolute atomic E-state index is 0.580. The van der Waals surface area contributed by atoms with Crippen LogP contribution in [0.1, 0.15) is 32.6 Å². The summed E-state index contributed by atoms with van der Waals surface area (Å²) >= 11 is 1.68. The lowest BCUT2D eigenvalue weighted by Gasteiger charge is -2.28. The van der Waals surface area contributed by atoms with Crippen LogP contribution in [0, 0.1) is 5.92 Å². The number of rotatable bonds is 4. The fourth-order valence-electron chi connectivity index (χ4n) is 1.79. The second-order valence-corrected chi connectivity index (χ2v) is 4.81. The normalized spacial score (nSPS) is 19.5. The van der Waals surface area contributed by atoms with Gasteiger partial charge in [-0.1, -0.05) is 19.3 Å². The fourth-order valence-corrected chi connectivity index (χ4v) is 2.43. The molecule has 0 spiro atoms. The molecule has 1 heterocycles. The van der Waals surface area contributed by atoms with Gasteiger partial charge in [-0.15, -0.1) is 11.3 Å². The Balaban J connectivity index is 1.74. The maximum atomic E-state index is 4.21. The van der Waals surface area contributed by atoms with Crippen molar-refractivity contribution >= 4 is 16.5 Å². The highest BCUT2D eigenvalue weighted by Crippen LogP contribution is 2.31. The molecule has 0 radical (unpaired) electrons. The number of anilines is 1. The van der Waals surface area contributed by atoms with E-state index in [9.17, 15) is 0 Å². The predicted molar refractivity (Wildman–Crippen MR) is 57.2 cm³/mol. The summed E-state index contributed by atoms with van der Waals surface area (Å²) in [6.45, 7) is 2.25. The predicted octanol–water partition coefficient (Wildman–Crippen LogP) is 3.13. The molecule has 0 amide bonds. The van der Waals surface area contributed by atoms with E-state index in [-0.39, 0.29) is 0 Å². The fraction of sp³-hybridized carbons (Fsp3) is 0.700. The van der Waals surface area contributed by atoms with Gasteiger partial charge < -0.3 is 5.32 Å². The third kappa shape index (κ3) is 2.44. The third-order valence-electron chi connectivity index (χ3n) is 2.71. The largest absolute Gasteiger partial charge is 0.359 e. The molecule has 0 aromatic carbocycles. The van der Waals surface area contributed by atoms with E-state index in [1.165, 1.54) is 25.7 Å². The van der Waals surface area contributed by atoms with Gasteiger partial charge in [0.1, 0.15) is 0 Å². The molecule has 1 aromatic heterocycles. The summed E-state index contributed by atoms with van der Waals surface area (Å²) in [5, 5.41) is 6.50. The molecule has 1 unspecified atom stereocenters. The van der Waals surface area contributed by atoms with E-state index in [2.05, 4.69) is 17.2 Å². The van der Waals surface area contributed by atoms with Crippen LogP contribution in [0.2, 0.25) is 0 Å². The Kier molecular flexibility index (Phi) is 2.83. The van der Waals surface area contributed by atoms with Gasteiger partial charge in [0, 0.05) is 17.6 Å². The topological polar surface area (TPSA) is 24.9 Å². The average molecular weight is 196 g/mol. The smallest absolute Gasteiger partial charge is 0.182 e. The molecule has 0 saturated heterocycles. The molecule has 1 saturated carbocycles. The molecule has 1 aliphatic rings. The van der Waals surface area contributed by atoms with Crippen molar-refractivity contribution in [3.63, 3.8) is 0 Å². The van der Waals surface area contributed by atoms with Crippen molar-refractivity contribution in [2.24, 2.45) is 5.92 Å². The van der Waals surface area contributed by atoms with Crippen molar-refractivity contribution in [2.75, 3.05) is 5.32 Å². The maximum absolute atomic E-state index is 4.21. The Labute approximate surface area is 83.4 Å². The Morgan fingerprint density at radius 2 is 2.54 bits per heavy atom. The molecule has 1 fully saturated rings. The van der Waals surface area contributed by atoms with Crippen molar-refractivity contribution in [2.45, 2.75) is 38.6 Å². The first-order chi connectivity index (χ1) is 6.34. The Hall–Kier alpha value is -0.570. The number of hydrogen-bond acceptors (Lipinski definition) is 3. The summed E-state index contributed by atoms with van der Waals surface area (Å²) in [4.78, 5) is 4.21. The Bertz CT molecular complexity index is 241. The van der Waals surface area contributed by atoms with Crippen LogP contribution >= 0.6 is 11.3 Å². The molecule has 2 nitrogen and oxygen atoms in total. The van der Waals surface area contributed by atoms with E-state index in [0.717, 1.165) is 11.0 Å². The molecule has 1 aliphatic carbocycles. The summed E-state index contributed by atoms with van der Waals surface area (Å²) < 4.78 is 0. The minimum Gasteiger partial charge on any atom is -0.359 e. The van der Waals surface area contributed by atoms with E-state index in [1.54, 1.807) is 11.3 Å². The van der Waals surface area contributed by atoms with Gasteiger partial charge in [0.15, 0.2) is 5.13 Å². The first-order valence-electron chi connectivity index (χ1n) is 5.00. The van der Waals surface area contributed by atoms with Gasteiger partial charge in [0.2, 0.25) is 0 Å². The van der Waals surface area contributed by atoms with Crippen LogP contribution in [0.5, 0.6) is 0 Å². The lowest BCUT2D eigenvalue weighted by atomic mass is 9.81. The second kappa shape index (κ2) is 4.09. The maximum Gasteiger partial charge on any atom is 0.182 e. The molecule has 3 heteroatoms. The molecule has 1 aromatic rings. The molecular weight excluding hydrogens is 180 g/mol. The minimum atomic E-state index is 0.580. The molecule has 0 aliphatic heterocycles. The van der Waals surface area contributed by atoms with Crippen molar-refractivity contribution in [1.29, 1.82) is 0 Å². The van der Waals surface area contributed by atoms with Gasteiger partial charge in [-0.05, 0) is 19.3 Å². The summed E-state index contributed by atoms with van der Waals surface area (Å²) in [6.07, 6.45) is 7.46. The van der Waals surface area contributed by atoms with E-state index in [1.807, 2.05) is 11.6 Å². The number of hydrogen-bond donors (Lipinski definition) is 1. The van der Waals surface area contributed by atoms with Gasteiger partial charge in [-0.25, -0.2) is 4.98 Å². The summed E-state index contributed by atoms with van der Waals surface area (Å²) in [5.74, 6) is 0.975. The Morgan fingerprint density at radius 3 is 3.08 bits per heavy atom. The number of thiazole rings is 1. The lowest BCUT2D eigenvalue weighted by molar-refractivity contribution is 0.286. The summed E-state index contributed by atoms with van der Waals surface area (Å²) in [6, 6.07) is 0.580. The first kappa shape index (κ1) is 9.00. The van der Waals surface area contributed by atoms with Gasteiger partial charge in [-0.2, -0.15) is 0 Å². The summed E-state index contributed by atoms with van der Waals surface area (Å²) in [7, 11) is 0. The van der Waals surface area contributed by atoms with Crippen LogP contribution in [-0.2, 0) is 0 Å². The van der Waals surface area contributed by atoms with Crippen molar-refractivity contribution < 1.29 is 0 Å². The molecule has 13 heavy (non-hydrogen) atoms. The molecule has 1 atom stereocenters. The zero-order valence-corrected chi connectivity index (χ0v) is 8.81. The van der Waals surface area contributed by atoms with Crippen LogP contribution in [0.4, 0.5) is 5.13 Å². The van der Waals surface area contributed by atoms with Crippen LogP contribution < -0.4 is 5.32 Å². The zero-order valence-electron chi connectivity index (χ0n) is 7.99. The van der Waals surface area contributed by atoms with Crippen molar-refractivity contribution in [1.82, 2.24) is 4.98 Å². The first-order valence-corrected chi connectivity index (χ1v) is 5.88. The van der Waals surface area contributed by atoms with Crippen LogP contribution in [0.15, 0.2) is 11.6 Å². The highest BCUT2D eigenvalue weighted by Gasteiger charge is 2.19. The lowest BCUT2D eigenvalue weighted by Crippen LogP contribution is -2.23. The second-order valence-electron chi connectivity index (χ2n) is 3.92. The van der Waals surface area contributed by atoms with Crippen LogP contribution in [0.3, 0.4) is 0 Å². The quantitative estimate of drug-likeness (QED) is 0.800. The SMILES string of the molecule is CC(CC1CCC1)Nc1nccs1. The molecule has 1 N–H and O–H groups in total. The van der Waals surface area contributed by atoms with E-state index >= 15 is 0 Å². The Morgan fingerprint density at radius 1 is 1.69 bits per heavy atom. The van der Waals surface area contributed by atoms with Gasteiger partial charge in [-0.3, -0.25) is 0 Å². The van der Waals surface area contributed by atoms with Crippen LogP contribution in [-0.4, -0.2) is 11.0 Å².